The van der Waals surface area contributed by atoms with E-state index < -0.39 is 0 Å². The van der Waals surface area contributed by atoms with E-state index in [1.54, 1.807) is 0 Å². The Hall–Kier alpha value is -0.820. The Balaban J connectivity index is 2.46. The molecule has 1 saturated carbocycles. The van der Waals surface area contributed by atoms with Gasteiger partial charge < -0.3 is 5.73 Å². The lowest BCUT2D eigenvalue weighted by atomic mass is 9.69. The van der Waals surface area contributed by atoms with Crippen LogP contribution in [-0.4, -0.2) is 0 Å². The molecule has 0 saturated heterocycles. The highest BCUT2D eigenvalue weighted by Gasteiger charge is 2.36. The molecule has 0 radical (unpaired) electrons. The van der Waals surface area contributed by atoms with Gasteiger partial charge in [0.25, 0.3) is 0 Å². The molecule has 0 atom stereocenters. The van der Waals surface area contributed by atoms with E-state index in [-0.39, 0.29) is 5.54 Å². The largest absolute Gasteiger partial charge is 0.321 e. The van der Waals surface area contributed by atoms with Crippen molar-refractivity contribution in [2.24, 2.45) is 5.73 Å². The molecule has 0 bridgehead atoms. The Kier molecular flexibility index (Phi) is 3.07. The van der Waals surface area contributed by atoms with Gasteiger partial charge in [-0.2, -0.15) is 0 Å². The van der Waals surface area contributed by atoms with Gasteiger partial charge in [-0.15, -0.1) is 0 Å². The van der Waals surface area contributed by atoms with Crippen LogP contribution in [-0.2, 0) is 12.0 Å². The van der Waals surface area contributed by atoms with Gasteiger partial charge in [0.05, 0.1) is 0 Å². The van der Waals surface area contributed by atoms with E-state index in [1.165, 1.54) is 23.1 Å². The molecule has 1 aromatic rings. The summed E-state index contributed by atoms with van der Waals surface area (Å²) >= 11 is 0. The van der Waals surface area contributed by atoms with E-state index in [1.807, 2.05) is 0 Å². The number of aryl methyl sites for hydroxylation is 1. The van der Waals surface area contributed by atoms with Crippen molar-refractivity contribution in [3.63, 3.8) is 0 Å². The van der Waals surface area contributed by atoms with Gasteiger partial charge in [0.1, 0.15) is 0 Å². The summed E-state index contributed by atoms with van der Waals surface area (Å²) in [6, 6.07) is 6.88. The van der Waals surface area contributed by atoms with Crippen LogP contribution in [0.4, 0.5) is 0 Å². The Morgan fingerprint density at radius 1 is 1.31 bits per heavy atom. The molecular formula is C15H23N. The van der Waals surface area contributed by atoms with Crippen LogP contribution in [0.25, 0.3) is 0 Å². The Bertz CT molecular complexity index is 375. The SMILES string of the molecule is CCc1ccc(C(C)C)c(C2(N)CCC2)c1. The maximum absolute atomic E-state index is 6.49. The quantitative estimate of drug-likeness (QED) is 0.820. The first-order valence-electron chi connectivity index (χ1n) is 6.49. The molecule has 2 N–H and O–H groups in total. The van der Waals surface area contributed by atoms with Crippen molar-refractivity contribution < 1.29 is 0 Å². The fraction of sp³-hybridized carbons (Fsp3) is 0.600. The predicted octanol–water partition coefficient (Wildman–Crippen LogP) is 3.71. The number of hydrogen-bond donors (Lipinski definition) is 1. The minimum absolute atomic E-state index is 0.0230. The Morgan fingerprint density at radius 2 is 2.00 bits per heavy atom. The van der Waals surface area contributed by atoms with Crippen molar-refractivity contribution in [3.05, 3.63) is 34.9 Å². The molecular weight excluding hydrogens is 194 g/mol. The zero-order valence-corrected chi connectivity index (χ0v) is 10.7. The van der Waals surface area contributed by atoms with Gasteiger partial charge in [-0.05, 0) is 48.3 Å². The van der Waals surface area contributed by atoms with Gasteiger partial charge in [-0.25, -0.2) is 0 Å². The summed E-state index contributed by atoms with van der Waals surface area (Å²) in [4.78, 5) is 0. The highest BCUT2D eigenvalue weighted by Crippen LogP contribution is 2.42. The highest BCUT2D eigenvalue weighted by molar-refractivity contribution is 5.40. The van der Waals surface area contributed by atoms with Crippen molar-refractivity contribution in [1.29, 1.82) is 0 Å². The van der Waals surface area contributed by atoms with Crippen molar-refractivity contribution in [2.45, 2.75) is 57.9 Å². The summed E-state index contributed by atoms with van der Waals surface area (Å²) in [7, 11) is 0. The Labute approximate surface area is 99.0 Å². The van der Waals surface area contributed by atoms with Crippen LogP contribution < -0.4 is 5.73 Å². The average Bonchev–Trinajstić information content (AvgIpc) is 2.24. The predicted molar refractivity (Wildman–Crippen MR) is 69.6 cm³/mol. The average molecular weight is 217 g/mol. The second kappa shape index (κ2) is 4.21. The second-order valence-electron chi connectivity index (χ2n) is 5.44. The zero-order valence-electron chi connectivity index (χ0n) is 10.7. The lowest BCUT2D eigenvalue weighted by molar-refractivity contribution is 0.251. The van der Waals surface area contributed by atoms with Crippen molar-refractivity contribution in [3.8, 4) is 0 Å². The summed E-state index contributed by atoms with van der Waals surface area (Å²) in [5.74, 6) is 0.571. The monoisotopic (exact) mass is 217 g/mol. The molecule has 1 fully saturated rings. The topological polar surface area (TPSA) is 26.0 Å². The summed E-state index contributed by atoms with van der Waals surface area (Å²) in [6.45, 7) is 6.72. The molecule has 1 aliphatic rings. The molecule has 0 spiro atoms. The molecule has 0 aromatic heterocycles. The minimum Gasteiger partial charge on any atom is -0.321 e. The summed E-state index contributed by atoms with van der Waals surface area (Å²) in [5, 5.41) is 0. The maximum Gasteiger partial charge on any atom is 0.0412 e. The first-order valence-corrected chi connectivity index (χ1v) is 6.49. The fourth-order valence-corrected chi connectivity index (χ4v) is 2.59. The number of nitrogens with two attached hydrogens (primary N) is 1. The van der Waals surface area contributed by atoms with E-state index in [0.29, 0.717) is 5.92 Å². The number of rotatable bonds is 3. The highest BCUT2D eigenvalue weighted by atomic mass is 14.8. The lowest BCUT2D eigenvalue weighted by Gasteiger charge is -2.40. The minimum atomic E-state index is -0.0230. The van der Waals surface area contributed by atoms with Gasteiger partial charge in [-0.3, -0.25) is 0 Å². The van der Waals surface area contributed by atoms with Crippen LogP contribution in [0, 0.1) is 0 Å². The zero-order chi connectivity index (χ0) is 11.8. The van der Waals surface area contributed by atoms with E-state index in [9.17, 15) is 0 Å². The molecule has 1 heteroatoms. The van der Waals surface area contributed by atoms with Gasteiger partial charge in [-0.1, -0.05) is 39.0 Å². The van der Waals surface area contributed by atoms with Gasteiger partial charge >= 0.3 is 0 Å². The molecule has 0 amide bonds. The van der Waals surface area contributed by atoms with E-state index >= 15 is 0 Å². The first kappa shape index (κ1) is 11.7. The molecule has 16 heavy (non-hydrogen) atoms. The second-order valence-corrected chi connectivity index (χ2v) is 5.44. The third kappa shape index (κ3) is 1.89. The number of benzene rings is 1. The molecule has 88 valence electrons. The normalized spacial score (nSPS) is 18.6. The van der Waals surface area contributed by atoms with Gasteiger partial charge in [0.2, 0.25) is 0 Å². The number of hydrogen-bond acceptors (Lipinski definition) is 1. The molecule has 1 aromatic carbocycles. The van der Waals surface area contributed by atoms with Crippen LogP contribution in [0.2, 0.25) is 0 Å². The third-order valence-electron chi connectivity index (χ3n) is 3.93. The smallest absolute Gasteiger partial charge is 0.0412 e. The van der Waals surface area contributed by atoms with E-state index in [4.69, 9.17) is 5.73 Å². The molecule has 0 aliphatic heterocycles. The first-order chi connectivity index (χ1) is 7.57. The van der Waals surface area contributed by atoms with Crippen molar-refractivity contribution in [2.75, 3.05) is 0 Å². The molecule has 0 unspecified atom stereocenters. The standard InChI is InChI=1S/C15H23N/c1-4-12-6-7-13(11(2)3)14(10-12)15(16)8-5-9-15/h6-7,10-11H,4-5,8-9,16H2,1-3H3. The maximum atomic E-state index is 6.49. The molecule has 1 nitrogen and oxygen atoms in total. The lowest BCUT2D eigenvalue weighted by Crippen LogP contribution is -2.44. The van der Waals surface area contributed by atoms with E-state index in [2.05, 4.69) is 39.0 Å². The third-order valence-corrected chi connectivity index (χ3v) is 3.93. The van der Waals surface area contributed by atoms with Crippen LogP contribution in [0.1, 0.15) is 62.6 Å². The van der Waals surface area contributed by atoms with Crippen LogP contribution in [0.3, 0.4) is 0 Å². The van der Waals surface area contributed by atoms with Crippen LogP contribution >= 0.6 is 0 Å². The molecule has 2 rings (SSSR count). The summed E-state index contributed by atoms with van der Waals surface area (Å²) in [6.07, 6.45) is 4.69. The fourth-order valence-electron chi connectivity index (χ4n) is 2.59. The van der Waals surface area contributed by atoms with Gasteiger partial charge in [0, 0.05) is 5.54 Å². The molecule has 1 aliphatic carbocycles. The summed E-state index contributed by atoms with van der Waals surface area (Å²) in [5.41, 5.74) is 10.7. The van der Waals surface area contributed by atoms with Crippen molar-refractivity contribution >= 4 is 0 Å². The molecule has 0 heterocycles. The van der Waals surface area contributed by atoms with Crippen molar-refractivity contribution in [1.82, 2.24) is 0 Å². The van der Waals surface area contributed by atoms with Crippen LogP contribution in [0.15, 0.2) is 18.2 Å². The Morgan fingerprint density at radius 3 is 2.44 bits per heavy atom. The summed E-state index contributed by atoms with van der Waals surface area (Å²) < 4.78 is 0. The van der Waals surface area contributed by atoms with Gasteiger partial charge in [0.15, 0.2) is 0 Å². The van der Waals surface area contributed by atoms with Crippen LogP contribution in [0.5, 0.6) is 0 Å². The van der Waals surface area contributed by atoms with E-state index in [0.717, 1.165) is 19.3 Å².